The minimum absolute atomic E-state index is 0.117. The molecular weight excluding hydrogens is 348 g/mol. The van der Waals surface area contributed by atoms with Crippen molar-refractivity contribution in [1.82, 2.24) is 15.1 Å². The highest BCUT2D eigenvalue weighted by Gasteiger charge is 2.20. The molecule has 0 saturated carbocycles. The number of anilines is 1. The molecule has 0 aliphatic heterocycles. The van der Waals surface area contributed by atoms with E-state index in [0.717, 1.165) is 0 Å². The third kappa shape index (κ3) is 4.35. The molecule has 8 nitrogen and oxygen atoms in total. The zero-order valence-corrected chi connectivity index (χ0v) is 15.1. The smallest absolute Gasteiger partial charge is 0.274 e. The van der Waals surface area contributed by atoms with Crippen molar-refractivity contribution in [3.8, 4) is 5.75 Å². The molecule has 2 N–H and O–H groups in total. The summed E-state index contributed by atoms with van der Waals surface area (Å²) in [4.78, 5) is 25.1. The Hall–Kier alpha value is -3.55. The summed E-state index contributed by atoms with van der Waals surface area (Å²) in [6.07, 6.45) is 3.10. The van der Waals surface area contributed by atoms with Crippen LogP contribution in [0.4, 0.5) is 5.69 Å². The number of rotatable bonds is 7. The van der Waals surface area contributed by atoms with Crippen LogP contribution in [0.5, 0.6) is 5.75 Å². The van der Waals surface area contributed by atoms with Crippen LogP contribution >= 0.6 is 0 Å². The third-order valence-electron chi connectivity index (χ3n) is 3.73. The summed E-state index contributed by atoms with van der Waals surface area (Å²) in [6.45, 7) is 2.51. The Balaban J connectivity index is 1.75. The summed E-state index contributed by atoms with van der Waals surface area (Å²) in [6, 6.07) is 10.4. The molecule has 0 spiro atoms. The van der Waals surface area contributed by atoms with E-state index >= 15 is 0 Å². The minimum atomic E-state index is -0.416. The number of carbonyl (C=O) groups excluding carboxylic acids is 2. The molecule has 2 aromatic heterocycles. The van der Waals surface area contributed by atoms with Crippen molar-refractivity contribution in [2.24, 2.45) is 7.05 Å². The Kier molecular flexibility index (Phi) is 5.55. The van der Waals surface area contributed by atoms with Crippen LogP contribution in [-0.2, 0) is 13.6 Å². The number of carbonyl (C=O) groups is 2. The van der Waals surface area contributed by atoms with Gasteiger partial charge in [-0.25, -0.2) is 0 Å². The van der Waals surface area contributed by atoms with Gasteiger partial charge in [0.1, 0.15) is 11.5 Å². The maximum Gasteiger partial charge on any atom is 0.274 e. The van der Waals surface area contributed by atoms with Gasteiger partial charge in [0, 0.05) is 13.2 Å². The van der Waals surface area contributed by atoms with Crippen LogP contribution in [0.3, 0.4) is 0 Å². The molecule has 3 aromatic rings. The monoisotopic (exact) mass is 368 g/mol. The summed E-state index contributed by atoms with van der Waals surface area (Å²) in [7, 11) is 1.67. The second-order valence-corrected chi connectivity index (χ2v) is 5.71. The first-order chi connectivity index (χ1) is 13.1. The molecule has 2 amide bonds. The van der Waals surface area contributed by atoms with Crippen LogP contribution < -0.4 is 15.4 Å². The van der Waals surface area contributed by atoms with Gasteiger partial charge in [-0.05, 0) is 31.2 Å². The third-order valence-corrected chi connectivity index (χ3v) is 3.73. The lowest BCUT2D eigenvalue weighted by atomic mass is 10.2. The molecule has 0 aliphatic rings. The lowest BCUT2D eigenvalue weighted by molar-refractivity contribution is 0.0943. The summed E-state index contributed by atoms with van der Waals surface area (Å²) in [5.74, 6) is 0.299. The van der Waals surface area contributed by atoms with E-state index in [2.05, 4.69) is 15.7 Å². The molecule has 0 saturated heterocycles. The van der Waals surface area contributed by atoms with Gasteiger partial charge in [-0.3, -0.25) is 14.3 Å². The van der Waals surface area contributed by atoms with Gasteiger partial charge in [-0.2, -0.15) is 5.10 Å². The Morgan fingerprint density at radius 1 is 1.19 bits per heavy atom. The van der Waals surface area contributed by atoms with E-state index in [4.69, 9.17) is 9.15 Å². The van der Waals surface area contributed by atoms with Gasteiger partial charge in [0.2, 0.25) is 0 Å². The quantitative estimate of drug-likeness (QED) is 0.668. The molecule has 1 aromatic carbocycles. The van der Waals surface area contributed by atoms with Crippen molar-refractivity contribution in [3.63, 3.8) is 0 Å². The van der Waals surface area contributed by atoms with Crippen molar-refractivity contribution in [3.05, 3.63) is 65.9 Å². The Morgan fingerprint density at radius 2 is 2.00 bits per heavy atom. The topological polar surface area (TPSA) is 98.4 Å². The van der Waals surface area contributed by atoms with Crippen molar-refractivity contribution in [1.29, 1.82) is 0 Å². The molecule has 8 heteroatoms. The molecule has 2 heterocycles. The first-order valence-corrected chi connectivity index (χ1v) is 8.46. The van der Waals surface area contributed by atoms with Crippen LogP contribution in [0, 0.1) is 0 Å². The highest BCUT2D eigenvalue weighted by molar-refractivity contribution is 6.09. The average Bonchev–Trinajstić information content (AvgIpc) is 3.30. The minimum Gasteiger partial charge on any atom is -0.493 e. The molecule has 0 aliphatic carbocycles. The van der Waals surface area contributed by atoms with E-state index in [1.165, 1.54) is 10.9 Å². The Labute approximate surface area is 156 Å². The summed E-state index contributed by atoms with van der Waals surface area (Å²) < 4.78 is 12.1. The molecule has 3 rings (SSSR count). The fraction of sp³-hybridized carbons (Fsp3) is 0.211. The molecule has 27 heavy (non-hydrogen) atoms. The van der Waals surface area contributed by atoms with Crippen molar-refractivity contribution < 1.29 is 18.7 Å². The standard InChI is InChI=1S/C19H20N4O4/c1-3-26-16-9-5-4-8-14(16)18(24)21-15-12-23(2)22-17(15)19(25)20-11-13-7-6-10-27-13/h4-10,12H,3,11H2,1-2H3,(H,20,25)(H,21,24). The van der Waals surface area contributed by atoms with Crippen molar-refractivity contribution >= 4 is 17.5 Å². The second kappa shape index (κ2) is 8.22. The van der Waals surface area contributed by atoms with E-state index < -0.39 is 5.91 Å². The largest absolute Gasteiger partial charge is 0.493 e. The number of nitrogens with zero attached hydrogens (tertiary/aromatic N) is 2. The molecular formula is C19H20N4O4. The molecule has 0 radical (unpaired) electrons. The number of amides is 2. The fourth-order valence-electron chi connectivity index (χ4n) is 2.54. The summed E-state index contributed by atoms with van der Waals surface area (Å²) >= 11 is 0. The van der Waals surface area contributed by atoms with Gasteiger partial charge in [0.25, 0.3) is 11.8 Å². The first-order valence-electron chi connectivity index (χ1n) is 8.46. The van der Waals surface area contributed by atoms with Crippen LogP contribution in [0.25, 0.3) is 0 Å². The maximum atomic E-state index is 12.7. The number of nitrogens with one attached hydrogen (secondary N) is 2. The average molecular weight is 368 g/mol. The first kappa shape index (κ1) is 18.2. The van der Waals surface area contributed by atoms with Crippen molar-refractivity contribution in [2.45, 2.75) is 13.5 Å². The van der Waals surface area contributed by atoms with Gasteiger partial charge in [-0.15, -0.1) is 0 Å². The number of hydrogen-bond donors (Lipinski definition) is 2. The zero-order chi connectivity index (χ0) is 19.2. The number of para-hydroxylation sites is 1. The van der Waals surface area contributed by atoms with Crippen LogP contribution in [0.1, 0.15) is 33.5 Å². The van der Waals surface area contributed by atoms with E-state index in [-0.39, 0.29) is 18.1 Å². The van der Waals surface area contributed by atoms with E-state index in [1.807, 2.05) is 6.92 Å². The van der Waals surface area contributed by atoms with Crippen LogP contribution in [0.2, 0.25) is 0 Å². The maximum absolute atomic E-state index is 12.7. The van der Waals surface area contributed by atoms with Crippen LogP contribution in [0.15, 0.2) is 53.3 Å². The van der Waals surface area contributed by atoms with Crippen molar-refractivity contribution in [2.75, 3.05) is 11.9 Å². The number of benzene rings is 1. The van der Waals surface area contributed by atoms with Crippen LogP contribution in [-0.4, -0.2) is 28.2 Å². The highest BCUT2D eigenvalue weighted by Crippen LogP contribution is 2.21. The normalized spacial score (nSPS) is 10.4. The van der Waals surface area contributed by atoms with Gasteiger partial charge in [-0.1, -0.05) is 12.1 Å². The Bertz CT molecular complexity index is 931. The molecule has 0 fully saturated rings. The fourth-order valence-corrected chi connectivity index (χ4v) is 2.54. The molecule has 0 atom stereocenters. The molecule has 0 bridgehead atoms. The van der Waals surface area contributed by atoms with Gasteiger partial charge >= 0.3 is 0 Å². The number of aromatic nitrogens is 2. The number of furan rings is 1. The number of hydrogen-bond acceptors (Lipinski definition) is 5. The van der Waals surface area contributed by atoms with Gasteiger partial charge in [0.15, 0.2) is 5.69 Å². The second-order valence-electron chi connectivity index (χ2n) is 5.71. The summed E-state index contributed by atoms with van der Waals surface area (Å²) in [5.41, 5.74) is 0.808. The lowest BCUT2D eigenvalue weighted by Crippen LogP contribution is -2.25. The van der Waals surface area contributed by atoms with E-state index in [1.54, 1.807) is 49.6 Å². The molecule has 140 valence electrons. The van der Waals surface area contributed by atoms with E-state index in [9.17, 15) is 9.59 Å². The molecule has 0 unspecified atom stereocenters. The predicted molar refractivity (Wildman–Crippen MR) is 98.7 cm³/mol. The number of ether oxygens (including phenoxy) is 1. The lowest BCUT2D eigenvalue weighted by Gasteiger charge is -2.10. The zero-order valence-electron chi connectivity index (χ0n) is 15.1. The van der Waals surface area contributed by atoms with Gasteiger partial charge in [0.05, 0.1) is 30.7 Å². The highest BCUT2D eigenvalue weighted by atomic mass is 16.5. The Morgan fingerprint density at radius 3 is 2.74 bits per heavy atom. The number of aryl methyl sites for hydroxylation is 1. The summed E-state index contributed by atoms with van der Waals surface area (Å²) in [5, 5.41) is 9.59. The predicted octanol–water partition coefficient (Wildman–Crippen LogP) is 2.59. The van der Waals surface area contributed by atoms with E-state index in [0.29, 0.717) is 29.4 Å². The van der Waals surface area contributed by atoms with Gasteiger partial charge < -0.3 is 19.8 Å². The SMILES string of the molecule is CCOc1ccccc1C(=O)Nc1cn(C)nc1C(=O)NCc1ccco1.